The van der Waals surface area contributed by atoms with Gasteiger partial charge in [-0.15, -0.1) is 0 Å². The van der Waals surface area contributed by atoms with E-state index in [9.17, 15) is 9.59 Å². The highest BCUT2D eigenvalue weighted by Crippen LogP contribution is 2.37. The Morgan fingerprint density at radius 1 is 0.963 bits per heavy atom. The number of benzene rings is 1. The number of hydrogen-bond acceptors (Lipinski definition) is 5. The summed E-state index contributed by atoms with van der Waals surface area (Å²) in [7, 11) is 0. The van der Waals surface area contributed by atoms with Crippen LogP contribution in [0, 0.1) is 0 Å². The van der Waals surface area contributed by atoms with Crippen LogP contribution < -0.4 is 5.32 Å². The third-order valence-electron chi connectivity index (χ3n) is 3.41. The maximum atomic E-state index is 12.5. The third kappa shape index (κ3) is 4.10. The number of ketones is 1. The van der Waals surface area contributed by atoms with E-state index < -0.39 is 5.91 Å². The SMILES string of the molecule is CC(=O)c1sc(NC(=O)c2nc(Cl)c(Cl)c(Cl)c2Cl)nc1-c1ccccc1. The van der Waals surface area contributed by atoms with Crippen LogP contribution in [0.15, 0.2) is 30.3 Å². The predicted molar refractivity (Wildman–Crippen MR) is 110 cm³/mol. The van der Waals surface area contributed by atoms with Crippen LogP contribution in [0.2, 0.25) is 20.2 Å². The second-order valence-electron chi connectivity index (χ2n) is 5.27. The van der Waals surface area contributed by atoms with E-state index in [-0.39, 0.29) is 36.8 Å². The zero-order valence-electron chi connectivity index (χ0n) is 13.5. The molecule has 27 heavy (non-hydrogen) atoms. The fourth-order valence-corrected chi connectivity index (χ4v) is 3.89. The van der Waals surface area contributed by atoms with E-state index in [1.807, 2.05) is 30.3 Å². The number of carbonyl (C=O) groups excluding carboxylic acids is 2. The summed E-state index contributed by atoms with van der Waals surface area (Å²) in [5, 5.41) is 2.39. The average Bonchev–Trinajstić information content (AvgIpc) is 3.07. The van der Waals surface area contributed by atoms with Gasteiger partial charge in [0.25, 0.3) is 5.91 Å². The number of halogens is 4. The minimum absolute atomic E-state index is 0.0423. The number of nitrogens with zero attached hydrogens (tertiary/aromatic N) is 2. The smallest absolute Gasteiger partial charge is 0.277 e. The van der Waals surface area contributed by atoms with Gasteiger partial charge in [-0.3, -0.25) is 14.9 Å². The van der Waals surface area contributed by atoms with E-state index >= 15 is 0 Å². The summed E-state index contributed by atoms with van der Waals surface area (Å²) < 4.78 is 0. The van der Waals surface area contributed by atoms with Crippen LogP contribution in [0.4, 0.5) is 5.13 Å². The Labute approximate surface area is 178 Å². The van der Waals surface area contributed by atoms with Gasteiger partial charge >= 0.3 is 0 Å². The number of amides is 1. The van der Waals surface area contributed by atoms with Crippen molar-refractivity contribution < 1.29 is 9.59 Å². The minimum atomic E-state index is -0.677. The highest BCUT2D eigenvalue weighted by molar-refractivity contribution is 7.18. The first kappa shape index (κ1) is 20.0. The molecule has 0 unspecified atom stereocenters. The molecule has 1 aromatic carbocycles. The molecular formula is C17H9Cl4N3O2S. The summed E-state index contributed by atoms with van der Waals surface area (Å²) in [4.78, 5) is 33.2. The molecule has 1 amide bonds. The summed E-state index contributed by atoms with van der Waals surface area (Å²) in [5.74, 6) is -0.843. The Morgan fingerprint density at radius 3 is 2.26 bits per heavy atom. The Bertz CT molecular complexity index is 1050. The molecule has 0 saturated carbocycles. The van der Waals surface area contributed by atoms with E-state index in [1.165, 1.54) is 6.92 Å². The molecule has 3 aromatic rings. The quantitative estimate of drug-likeness (QED) is 0.367. The molecule has 0 radical (unpaired) electrons. The highest BCUT2D eigenvalue weighted by Gasteiger charge is 2.23. The lowest BCUT2D eigenvalue weighted by Crippen LogP contribution is -2.14. The number of rotatable bonds is 4. The van der Waals surface area contributed by atoms with Crippen molar-refractivity contribution in [3.8, 4) is 11.3 Å². The molecule has 2 heterocycles. The average molecular weight is 461 g/mol. The fraction of sp³-hybridized carbons (Fsp3) is 0.0588. The lowest BCUT2D eigenvalue weighted by Gasteiger charge is -2.07. The Morgan fingerprint density at radius 2 is 1.63 bits per heavy atom. The van der Waals surface area contributed by atoms with Gasteiger partial charge in [0.2, 0.25) is 0 Å². The van der Waals surface area contributed by atoms with E-state index in [0.29, 0.717) is 10.6 Å². The standard InChI is InChI=1S/C17H9Cl4N3O2S/c1-7(25)14-12(8-5-3-2-4-6-8)23-17(27-14)24-16(26)13-10(19)9(18)11(20)15(21)22-13/h2-6H,1H3,(H,23,24,26). The topological polar surface area (TPSA) is 72.0 Å². The van der Waals surface area contributed by atoms with E-state index in [2.05, 4.69) is 15.3 Å². The first-order valence-electron chi connectivity index (χ1n) is 7.38. The Balaban J connectivity index is 1.97. The number of aromatic nitrogens is 2. The van der Waals surface area contributed by atoms with Crippen molar-refractivity contribution in [2.75, 3.05) is 5.32 Å². The normalized spacial score (nSPS) is 10.7. The van der Waals surface area contributed by atoms with Gasteiger partial charge in [-0.2, -0.15) is 0 Å². The molecule has 3 rings (SSSR count). The predicted octanol–water partition coefficient (Wildman–Crippen LogP) is 6.27. The first-order valence-corrected chi connectivity index (χ1v) is 9.71. The number of hydrogen-bond donors (Lipinski definition) is 1. The van der Waals surface area contributed by atoms with Crippen molar-refractivity contribution in [2.45, 2.75) is 6.92 Å². The second-order valence-corrected chi connectivity index (χ2v) is 7.76. The Hall–Kier alpha value is -1.70. The van der Waals surface area contributed by atoms with Crippen LogP contribution in [-0.4, -0.2) is 21.7 Å². The zero-order chi connectivity index (χ0) is 19.7. The zero-order valence-corrected chi connectivity index (χ0v) is 17.4. The highest BCUT2D eigenvalue weighted by atomic mass is 35.5. The van der Waals surface area contributed by atoms with Gasteiger partial charge in [0, 0.05) is 12.5 Å². The van der Waals surface area contributed by atoms with Gasteiger partial charge in [0.1, 0.15) is 5.15 Å². The van der Waals surface area contributed by atoms with Crippen molar-refractivity contribution in [3.63, 3.8) is 0 Å². The monoisotopic (exact) mass is 459 g/mol. The molecule has 0 atom stereocenters. The van der Waals surface area contributed by atoms with E-state index in [4.69, 9.17) is 46.4 Å². The molecule has 10 heteroatoms. The molecular weight excluding hydrogens is 452 g/mol. The molecule has 0 bridgehead atoms. The molecule has 138 valence electrons. The van der Waals surface area contributed by atoms with Crippen molar-refractivity contribution in [3.05, 3.63) is 61.1 Å². The van der Waals surface area contributed by atoms with E-state index in [1.54, 1.807) is 0 Å². The number of thiazole rings is 1. The van der Waals surface area contributed by atoms with Crippen molar-refractivity contribution in [1.82, 2.24) is 9.97 Å². The van der Waals surface area contributed by atoms with Crippen molar-refractivity contribution >= 4 is 74.6 Å². The number of carbonyl (C=O) groups is 2. The van der Waals surface area contributed by atoms with Crippen LogP contribution in [-0.2, 0) is 0 Å². The maximum Gasteiger partial charge on any atom is 0.277 e. The molecule has 0 aliphatic heterocycles. The van der Waals surface area contributed by atoms with Gasteiger partial charge in [-0.25, -0.2) is 9.97 Å². The molecule has 0 aliphatic carbocycles. The summed E-state index contributed by atoms with van der Waals surface area (Å²) in [6, 6.07) is 9.17. The van der Waals surface area contributed by atoms with Gasteiger partial charge < -0.3 is 0 Å². The number of pyridine rings is 1. The van der Waals surface area contributed by atoms with Crippen LogP contribution in [0.3, 0.4) is 0 Å². The number of nitrogens with one attached hydrogen (secondary N) is 1. The van der Waals surface area contributed by atoms with Gasteiger partial charge in [0.15, 0.2) is 16.6 Å². The molecule has 0 spiro atoms. The lowest BCUT2D eigenvalue weighted by atomic mass is 10.1. The maximum absolute atomic E-state index is 12.5. The minimum Gasteiger partial charge on any atom is -0.296 e. The van der Waals surface area contributed by atoms with Gasteiger partial charge in [-0.05, 0) is 0 Å². The molecule has 1 N–H and O–H groups in total. The molecule has 0 aliphatic rings. The Kier molecular flexibility index (Phi) is 6.03. The fourth-order valence-electron chi connectivity index (χ4n) is 2.20. The van der Waals surface area contributed by atoms with E-state index in [0.717, 1.165) is 16.9 Å². The summed E-state index contributed by atoms with van der Waals surface area (Å²) >= 11 is 24.8. The van der Waals surface area contributed by atoms with Gasteiger partial charge in [0.05, 0.1) is 25.6 Å². The second kappa shape index (κ2) is 8.12. The lowest BCUT2D eigenvalue weighted by molar-refractivity contribution is 0.101. The van der Waals surface area contributed by atoms with Crippen molar-refractivity contribution in [1.29, 1.82) is 0 Å². The molecule has 5 nitrogen and oxygen atoms in total. The van der Waals surface area contributed by atoms with Crippen molar-refractivity contribution in [2.24, 2.45) is 0 Å². The summed E-state index contributed by atoms with van der Waals surface area (Å²) in [6.07, 6.45) is 0. The van der Waals surface area contributed by atoms with Crippen LogP contribution in [0.5, 0.6) is 0 Å². The van der Waals surface area contributed by atoms with Crippen LogP contribution in [0.1, 0.15) is 27.1 Å². The first-order chi connectivity index (χ1) is 12.8. The van der Waals surface area contributed by atoms with Crippen LogP contribution in [0.25, 0.3) is 11.3 Å². The van der Waals surface area contributed by atoms with Gasteiger partial charge in [-0.1, -0.05) is 88.1 Å². The number of anilines is 1. The van der Waals surface area contributed by atoms with Crippen LogP contribution >= 0.6 is 57.7 Å². The summed E-state index contributed by atoms with van der Waals surface area (Å²) in [6.45, 7) is 1.43. The molecule has 0 saturated heterocycles. The molecule has 0 fully saturated rings. The number of Topliss-reactive ketones (excluding diaryl/α,β-unsaturated/α-hetero) is 1. The summed E-state index contributed by atoms with van der Waals surface area (Å²) in [5.41, 5.74) is 1.04. The third-order valence-corrected chi connectivity index (χ3v) is 6.16. The largest absolute Gasteiger partial charge is 0.296 e. The molecule has 2 aromatic heterocycles.